The molecular formula is C13H11BrN2O. The number of benzene rings is 1. The lowest BCUT2D eigenvalue weighted by Gasteiger charge is -2.17. The van der Waals surface area contributed by atoms with Gasteiger partial charge in [-0.1, -0.05) is 6.07 Å². The van der Waals surface area contributed by atoms with Gasteiger partial charge in [-0.2, -0.15) is 5.26 Å². The highest BCUT2D eigenvalue weighted by Crippen LogP contribution is 2.19. The number of nitriles is 1. The average Bonchev–Trinajstić information content (AvgIpc) is 2.75. The Kier molecular flexibility index (Phi) is 3.50. The molecule has 0 saturated carbocycles. The predicted molar refractivity (Wildman–Crippen MR) is 69.7 cm³/mol. The number of hydrogen-bond acceptors (Lipinski definition) is 3. The quantitative estimate of drug-likeness (QED) is 0.868. The van der Waals surface area contributed by atoms with Gasteiger partial charge in [-0.3, -0.25) is 0 Å². The largest absolute Gasteiger partial charge is 0.452 e. The van der Waals surface area contributed by atoms with Gasteiger partial charge in [-0.25, -0.2) is 0 Å². The van der Waals surface area contributed by atoms with E-state index < -0.39 is 0 Å². The highest BCUT2D eigenvalue weighted by molar-refractivity contribution is 9.10. The Balaban J connectivity index is 2.14. The first-order valence-corrected chi connectivity index (χ1v) is 5.94. The number of anilines is 1. The van der Waals surface area contributed by atoms with Gasteiger partial charge in [-0.05, 0) is 46.3 Å². The zero-order chi connectivity index (χ0) is 12.3. The SMILES string of the molecule is CN(Cc1ccc(Br)o1)c1cccc(C#N)c1. The Morgan fingerprint density at radius 2 is 2.18 bits per heavy atom. The third-order valence-corrected chi connectivity index (χ3v) is 2.86. The molecule has 3 nitrogen and oxygen atoms in total. The highest BCUT2D eigenvalue weighted by atomic mass is 79.9. The predicted octanol–water partition coefficient (Wildman–Crippen LogP) is 3.55. The maximum absolute atomic E-state index is 8.84. The van der Waals surface area contributed by atoms with E-state index in [1.165, 1.54) is 0 Å². The average molecular weight is 291 g/mol. The van der Waals surface area contributed by atoms with Crippen LogP contribution in [0.4, 0.5) is 5.69 Å². The first-order chi connectivity index (χ1) is 8.19. The first-order valence-electron chi connectivity index (χ1n) is 5.14. The van der Waals surface area contributed by atoms with Crippen LogP contribution in [0.15, 0.2) is 45.5 Å². The van der Waals surface area contributed by atoms with Crippen molar-refractivity contribution in [1.82, 2.24) is 0 Å². The van der Waals surface area contributed by atoms with Crippen LogP contribution in [0.25, 0.3) is 0 Å². The van der Waals surface area contributed by atoms with E-state index in [9.17, 15) is 0 Å². The van der Waals surface area contributed by atoms with Crippen molar-refractivity contribution in [3.05, 3.63) is 52.4 Å². The van der Waals surface area contributed by atoms with Gasteiger partial charge >= 0.3 is 0 Å². The lowest BCUT2D eigenvalue weighted by molar-refractivity contribution is 0.486. The minimum absolute atomic E-state index is 0.662. The van der Waals surface area contributed by atoms with E-state index in [2.05, 4.69) is 22.0 Å². The molecule has 0 aliphatic rings. The van der Waals surface area contributed by atoms with Gasteiger partial charge in [-0.15, -0.1) is 0 Å². The van der Waals surface area contributed by atoms with Crippen molar-refractivity contribution in [3.8, 4) is 6.07 Å². The summed E-state index contributed by atoms with van der Waals surface area (Å²) >= 11 is 3.27. The Bertz CT molecular complexity index is 557. The third kappa shape index (κ3) is 2.89. The van der Waals surface area contributed by atoms with Gasteiger partial charge in [0.1, 0.15) is 5.76 Å². The lowest BCUT2D eigenvalue weighted by atomic mass is 10.2. The van der Waals surface area contributed by atoms with Crippen molar-refractivity contribution < 1.29 is 4.42 Å². The Morgan fingerprint density at radius 1 is 1.35 bits per heavy atom. The van der Waals surface area contributed by atoms with Crippen molar-refractivity contribution in [2.24, 2.45) is 0 Å². The molecule has 4 heteroatoms. The summed E-state index contributed by atoms with van der Waals surface area (Å²) in [6.07, 6.45) is 0. The Hall–Kier alpha value is -1.73. The monoisotopic (exact) mass is 290 g/mol. The second-order valence-corrected chi connectivity index (χ2v) is 4.51. The van der Waals surface area contributed by atoms with E-state index >= 15 is 0 Å². The summed E-state index contributed by atoms with van der Waals surface area (Å²) in [7, 11) is 1.97. The van der Waals surface area contributed by atoms with Gasteiger partial charge in [0, 0.05) is 12.7 Å². The van der Waals surface area contributed by atoms with E-state index in [-0.39, 0.29) is 0 Å². The molecule has 1 heterocycles. The van der Waals surface area contributed by atoms with Crippen molar-refractivity contribution in [3.63, 3.8) is 0 Å². The van der Waals surface area contributed by atoms with Gasteiger partial charge < -0.3 is 9.32 Å². The van der Waals surface area contributed by atoms with Crippen LogP contribution in [0.1, 0.15) is 11.3 Å². The van der Waals surface area contributed by atoms with Crippen molar-refractivity contribution in [2.75, 3.05) is 11.9 Å². The molecule has 0 aliphatic carbocycles. The topological polar surface area (TPSA) is 40.2 Å². The Morgan fingerprint density at radius 3 is 2.82 bits per heavy atom. The molecule has 17 heavy (non-hydrogen) atoms. The summed E-state index contributed by atoms with van der Waals surface area (Å²) in [4.78, 5) is 2.03. The van der Waals surface area contributed by atoms with Crippen LogP contribution < -0.4 is 4.90 Å². The molecular weight excluding hydrogens is 280 g/mol. The summed E-state index contributed by atoms with van der Waals surface area (Å²) in [6, 6.07) is 13.4. The zero-order valence-corrected chi connectivity index (χ0v) is 10.9. The summed E-state index contributed by atoms with van der Waals surface area (Å²) in [5, 5.41) is 8.84. The maximum atomic E-state index is 8.84. The van der Waals surface area contributed by atoms with E-state index in [0.717, 1.165) is 16.1 Å². The smallest absolute Gasteiger partial charge is 0.169 e. The standard InChI is InChI=1S/C13H11BrN2O/c1-16(9-12-5-6-13(14)17-12)11-4-2-3-10(7-11)8-15/h2-7H,9H2,1H3. The molecule has 2 aromatic rings. The first kappa shape index (κ1) is 11.7. The molecule has 0 spiro atoms. The molecule has 0 atom stereocenters. The highest BCUT2D eigenvalue weighted by Gasteiger charge is 2.06. The number of nitrogens with zero attached hydrogens (tertiary/aromatic N) is 2. The van der Waals surface area contributed by atoms with Crippen LogP contribution in [0.2, 0.25) is 0 Å². The van der Waals surface area contributed by atoms with E-state index in [0.29, 0.717) is 12.1 Å². The van der Waals surface area contributed by atoms with E-state index in [1.54, 1.807) is 6.07 Å². The second-order valence-electron chi connectivity index (χ2n) is 3.72. The molecule has 86 valence electrons. The number of furan rings is 1. The summed E-state index contributed by atoms with van der Waals surface area (Å²) in [6.45, 7) is 0.667. The molecule has 0 N–H and O–H groups in total. The van der Waals surface area contributed by atoms with Crippen LogP contribution in [0.3, 0.4) is 0 Å². The van der Waals surface area contributed by atoms with Gasteiger partial charge in [0.2, 0.25) is 0 Å². The normalized spacial score (nSPS) is 9.94. The number of hydrogen-bond donors (Lipinski definition) is 0. The number of rotatable bonds is 3. The summed E-state index contributed by atoms with van der Waals surface area (Å²) in [5.41, 5.74) is 1.66. The van der Waals surface area contributed by atoms with E-state index in [1.807, 2.05) is 42.3 Å². The molecule has 0 radical (unpaired) electrons. The minimum atomic E-state index is 0.662. The maximum Gasteiger partial charge on any atom is 0.169 e. The fourth-order valence-corrected chi connectivity index (χ4v) is 1.91. The van der Waals surface area contributed by atoms with Crippen molar-refractivity contribution >= 4 is 21.6 Å². The van der Waals surface area contributed by atoms with Crippen LogP contribution in [-0.4, -0.2) is 7.05 Å². The summed E-state index contributed by atoms with van der Waals surface area (Å²) < 4.78 is 6.17. The zero-order valence-electron chi connectivity index (χ0n) is 9.35. The molecule has 1 aromatic carbocycles. The van der Waals surface area contributed by atoms with Crippen LogP contribution in [0.5, 0.6) is 0 Å². The molecule has 2 rings (SSSR count). The molecule has 0 amide bonds. The van der Waals surface area contributed by atoms with Gasteiger partial charge in [0.25, 0.3) is 0 Å². The van der Waals surface area contributed by atoms with Crippen molar-refractivity contribution in [2.45, 2.75) is 6.54 Å². The molecule has 0 aliphatic heterocycles. The molecule has 0 fully saturated rings. The van der Waals surface area contributed by atoms with Crippen LogP contribution in [-0.2, 0) is 6.54 Å². The molecule has 0 bridgehead atoms. The molecule has 0 saturated heterocycles. The fourth-order valence-electron chi connectivity index (χ4n) is 1.57. The number of halogens is 1. The second kappa shape index (κ2) is 5.07. The van der Waals surface area contributed by atoms with Gasteiger partial charge in [0.15, 0.2) is 4.67 Å². The van der Waals surface area contributed by atoms with Crippen LogP contribution >= 0.6 is 15.9 Å². The van der Waals surface area contributed by atoms with Crippen molar-refractivity contribution in [1.29, 1.82) is 5.26 Å². The third-order valence-electron chi connectivity index (χ3n) is 2.44. The Labute approximate surface area is 108 Å². The lowest BCUT2D eigenvalue weighted by Crippen LogP contribution is -2.15. The summed E-state index contributed by atoms with van der Waals surface area (Å²) in [5.74, 6) is 0.877. The fraction of sp³-hybridized carbons (Fsp3) is 0.154. The van der Waals surface area contributed by atoms with Crippen LogP contribution in [0, 0.1) is 11.3 Å². The van der Waals surface area contributed by atoms with E-state index in [4.69, 9.17) is 9.68 Å². The minimum Gasteiger partial charge on any atom is -0.452 e. The molecule has 0 unspecified atom stereocenters. The molecule has 1 aromatic heterocycles. The van der Waals surface area contributed by atoms with Gasteiger partial charge in [0.05, 0.1) is 18.2 Å².